The van der Waals surface area contributed by atoms with Crippen molar-refractivity contribution in [3.8, 4) is 11.3 Å². The molecule has 0 saturated carbocycles. The molecule has 2 aromatic heterocycles. The van der Waals surface area contributed by atoms with Gasteiger partial charge in [0, 0.05) is 18.7 Å². The number of hydrogen-bond acceptors (Lipinski definition) is 4. The topological polar surface area (TPSA) is 83.8 Å². The summed E-state index contributed by atoms with van der Waals surface area (Å²) in [6.07, 6.45) is 2.17. The van der Waals surface area contributed by atoms with Gasteiger partial charge in [0.15, 0.2) is 11.3 Å². The summed E-state index contributed by atoms with van der Waals surface area (Å²) in [5.74, 6) is 0. The number of aryl methyl sites for hydroxylation is 1. The highest BCUT2D eigenvalue weighted by molar-refractivity contribution is 5.96. The van der Waals surface area contributed by atoms with Crippen LogP contribution in [-0.2, 0) is 6.54 Å². The van der Waals surface area contributed by atoms with Crippen molar-refractivity contribution in [2.45, 2.75) is 13.0 Å². The highest BCUT2D eigenvalue weighted by Crippen LogP contribution is 2.27. The standard InChI is InChI=1S/C18H16N4O2/c23-10-4-9-22-17-16(21-18(22)24)19-11-15(20-17)14-8-3-6-12-5-1-2-7-13(12)14/h1-3,5-8,11,23H,4,9-10H2,(H,19,21,24). The Balaban J connectivity index is 1.92. The Hall–Kier alpha value is -2.99. The number of aromatic nitrogens is 4. The SMILES string of the molecule is O=c1[nH]c2ncc(-c3cccc4ccccc34)nc2n1CCCO. The van der Waals surface area contributed by atoms with E-state index >= 15 is 0 Å². The van der Waals surface area contributed by atoms with Crippen molar-refractivity contribution in [2.75, 3.05) is 6.61 Å². The first kappa shape index (κ1) is 14.6. The normalized spacial score (nSPS) is 11.4. The Kier molecular flexibility index (Phi) is 3.59. The van der Waals surface area contributed by atoms with E-state index in [0.717, 1.165) is 22.0 Å². The van der Waals surface area contributed by atoms with Gasteiger partial charge in [0.1, 0.15) is 0 Å². The number of hydrogen-bond donors (Lipinski definition) is 2. The van der Waals surface area contributed by atoms with E-state index in [0.29, 0.717) is 24.3 Å². The van der Waals surface area contributed by atoms with Gasteiger partial charge < -0.3 is 5.11 Å². The number of aromatic amines is 1. The number of fused-ring (bicyclic) bond motifs is 2. The first-order chi connectivity index (χ1) is 11.8. The summed E-state index contributed by atoms with van der Waals surface area (Å²) in [4.78, 5) is 23.8. The fourth-order valence-corrected chi connectivity index (χ4v) is 2.94. The molecule has 0 aliphatic heterocycles. The first-order valence-electron chi connectivity index (χ1n) is 7.82. The van der Waals surface area contributed by atoms with Gasteiger partial charge in [-0.05, 0) is 17.2 Å². The van der Waals surface area contributed by atoms with Crippen LogP contribution >= 0.6 is 0 Å². The molecule has 0 atom stereocenters. The molecule has 2 N–H and O–H groups in total. The van der Waals surface area contributed by atoms with E-state index in [9.17, 15) is 4.79 Å². The lowest BCUT2D eigenvalue weighted by Gasteiger charge is -2.07. The molecule has 6 heteroatoms. The second-order valence-electron chi connectivity index (χ2n) is 5.61. The number of aliphatic hydroxyl groups is 1. The van der Waals surface area contributed by atoms with Crippen molar-refractivity contribution >= 4 is 22.1 Å². The Morgan fingerprint density at radius 1 is 1.12 bits per heavy atom. The van der Waals surface area contributed by atoms with E-state index in [1.807, 2.05) is 30.3 Å². The van der Waals surface area contributed by atoms with Gasteiger partial charge in [-0.1, -0.05) is 42.5 Å². The van der Waals surface area contributed by atoms with Crippen LogP contribution in [0.4, 0.5) is 0 Å². The fraction of sp³-hybridized carbons (Fsp3) is 0.167. The molecule has 2 heterocycles. The minimum absolute atomic E-state index is 0.0234. The van der Waals surface area contributed by atoms with E-state index in [1.54, 1.807) is 6.20 Å². The highest BCUT2D eigenvalue weighted by Gasteiger charge is 2.12. The fourth-order valence-electron chi connectivity index (χ4n) is 2.94. The predicted molar refractivity (Wildman–Crippen MR) is 92.8 cm³/mol. The molecule has 2 aromatic carbocycles. The smallest absolute Gasteiger partial charge is 0.328 e. The summed E-state index contributed by atoms with van der Waals surface area (Å²) in [6.45, 7) is 0.429. The number of imidazole rings is 1. The average Bonchev–Trinajstić information content (AvgIpc) is 2.94. The molecule has 24 heavy (non-hydrogen) atoms. The minimum Gasteiger partial charge on any atom is -0.396 e. The first-order valence-corrected chi connectivity index (χ1v) is 7.82. The van der Waals surface area contributed by atoms with Crippen LogP contribution in [0.3, 0.4) is 0 Å². The van der Waals surface area contributed by atoms with Crippen LogP contribution in [0.2, 0.25) is 0 Å². The van der Waals surface area contributed by atoms with Crippen molar-refractivity contribution in [1.82, 2.24) is 19.5 Å². The summed E-state index contributed by atoms with van der Waals surface area (Å²) in [5.41, 5.74) is 2.41. The van der Waals surface area contributed by atoms with Crippen LogP contribution in [-0.4, -0.2) is 31.2 Å². The van der Waals surface area contributed by atoms with Crippen LogP contribution in [0.5, 0.6) is 0 Å². The summed E-state index contributed by atoms with van der Waals surface area (Å²) < 4.78 is 1.52. The molecule has 120 valence electrons. The molecule has 0 radical (unpaired) electrons. The quantitative estimate of drug-likeness (QED) is 0.604. The molecule has 4 rings (SSSR count). The van der Waals surface area contributed by atoms with E-state index in [4.69, 9.17) is 5.11 Å². The molecule has 4 aromatic rings. The maximum absolute atomic E-state index is 12.1. The van der Waals surface area contributed by atoms with Crippen LogP contribution in [0.1, 0.15) is 6.42 Å². The van der Waals surface area contributed by atoms with E-state index < -0.39 is 0 Å². The average molecular weight is 320 g/mol. The number of benzene rings is 2. The molecule has 0 saturated heterocycles. The molecule has 0 aliphatic rings. The Bertz CT molecular complexity index is 1080. The van der Waals surface area contributed by atoms with Crippen molar-refractivity contribution in [3.63, 3.8) is 0 Å². The van der Waals surface area contributed by atoms with Crippen LogP contribution < -0.4 is 5.69 Å². The molecule has 0 bridgehead atoms. The lowest BCUT2D eigenvalue weighted by Crippen LogP contribution is -2.17. The maximum atomic E-state index is 12.1. The Labute approximate surface area is 137 Å². The largest absolute Gasteiger partial charge is 0.396 e. The summed E-state index contributed by atoms with van der Waals surface area (Å²) in [5, 5.41) is 11.2. The molecular formula is C18H16N4O2. The minimum atomic E-state index is -0.256. The molecule has 0 amide bonds. The van der Waals surface area contributed by atoms with E-state index in [1.165, 1.54) is 4.57 Å². The van der Waals surface area contributed by atoms with Crippen molar-refractivity contribution in [1.29, 1.82) is 0 Å². The van der Waals surface area contributed by atoms with Crippen LogP contribution in [0.25, 0.3) is 33.3 Å². The number of aliphatic hydroxyl groups excluding tert-OH is 1. The van der Waals surface area contributed by atoms with Gasteiger partial charge >= 0.3 is 5.69 Å². The third-order valence-corrected chi connectivity index (χ3v) is 4.09. The van der Waals surface area contributed by atoms with Gasteiger partial charge in [0.05, 0.1) is 11.9 Å². The van der Waals surface area contributed by atoms with Crippen molar-refractivity contribution in [3.05, 3.63) is 59.1 Å². The van der Waals surface area contributed by atoms with Crippen molar-refractivity contribution in [2.24, 2.45) is 0 Å². The van der Waals surface area contributed by atoms with E-state index in [2.05, 4.69) is 27.1 Å². The molecule has 0 fully saturated rings. The number of rotatable bonds is 4. The van der Waals surface area contributed by atoms with Gasteiger partial charge in [0.25, 0.3) is 0 Å². The van der Waals surface area contributed by atoms with Gasteiger partial charge in [0.2, 0.25) is 0 Å². The zero-order valence-corrected chi connectivity index (χ0v) is 12.9. The molecule has 6 nitrogen and oxygen atoms in total. The van der Waals surface area contributed by atoms with Gasteiger partial charge in [-0.25, -0.2) is 14.8 Å². The van der Waals surface area contributed by atoms with Crippen LogP contribution in [0, 0.1) is 0 Å². The third kappa shape index (κ3) is 2.37. The predicted octanol–water partition coefficient (Wildman–Crippen LogP) is 2.32. The van der Waals surface area contributed by atoms with Crippen LogP contribution in [0.15, 0.2) is 53.5 Å². The summed E-state index contributed by atoms with van der Waals surface area (Å²) >= 11 is 0. The third-order valence-electron chi connectivity index (χ3n) is 4.09. The lowest BCUT2D eigenvalue weighted by molar-refractivity contribution is 0.280. The van der Waals surface area contributed by atoms with E-state index in [-0.39, 0.29) is 12.3 Å². The molecule has 0 aliphatic carbocycles. The van der Waals surface area contributed by atoms with Gasteiger partial charge in [-0.2, -0.15) is 0 Å². The zero-order valence-electron chi connectivity index (χ0n) is 12.9. The lowest BCUT2D eigenvalue weighted by atomic mass is 10.0. The molecule has 0 spiro atoms. The number of H-pyrrole nitrogens is 1. The summed E-state index contributed by atoms with van der Waals surface area (Å²) in [6, 6.07) is 14.1. The second kappa shape index (κ2) is 5.90. The molecule has 0 unspecified atom stereocenters. The van der Waals surface area contributed by atoms with Crippen molar-refractivity contribution < 1.29 is 5.11 Å². The Morgan fingerprint density at radius 2 is 1.96 bits per heavy atom. The van der Waals surface area contributed by atoms with Gasteiger partial charge in [-0.15, -0.1) is 0 Å². The van der Waals surface area contributed by atoms with Gasteiger partial charge in [-0.3, -0.25) is 9.55 Å². The second-order valence-corrected chi connectivity index (χ2v) is 5.61. The monoisotopic (exact) mass is 320 g/mol. The summed E-state index contributed by atoms with van der Waals surface area (Å²) in [7, 11) is 0. The molecular weight excluding hydrogens is 304 g/mol. The maximum Gasteiger partial charge on any atom is 0.328 e. The zero-order chi connectivity index (χ0) is 16.5. The number of nitrogens with one attached hydrogen (secondary N) is 1. The Morgan fingerprint density at radius 3 is 2.83 bits per heavy atom. The highest BCUT2D eigenvalue weighted by atomic mass is 16.3. The number of nitrogens with zero attached hydrogens (tertiary/aromatic N) is 3.